The summed E-state index contributed by atoms with van der Waals surface area (Å²) in [6.07, 6.45) is 3.83. The minimum Gasteiger partial charge on any atom is -0.481 e. The summed E-state index contributed by atoms with van der Waals surface area (Å²) >= 11 is 6.12. The lowest BCUT2D eigenvalue weighted by Crippen LogP contribution is -2.55. The number of nitrogens with zero attached hydrogens (tertiary/aromatic N) is 1. The molecule has 0 radical (unpaired) electrons. The summed E-state index contributed by atoms with van der Waals surface area (Å²) in [5, 5.41) is 13.1. The highest BCUT2D eigenvalue weighted by Crippen LogP contribution is 2.35. The number of halogens is 1. The van der Waals surface area contributed by atoms with Crippen LogP contribution in [0.3, 0.4) is 0 Å². The lowest BCUT2D eigenvalue weighted by molar-refractivity contribution is -0.140. The van der Waals surface area contributed by atoms with E-state index in [1.807, 2.05) is 6.07 Å². The molecule has 1 aromatic heterocycles. The molecular formula is C17H17ClN2O4. The number of carbonyl (C=O) groups is 2. The number of carboxylic acid groups (broad SMARTS) is 1. The number of benzene rings is 1. The van der Waals surface area contributed by atoms with Crippen LogP contribution in [-0.4, -0.2) is 34.1 Å². The smallest absolute Gasteiger partial charge is 0.305 e. The number of carbonyl (C=O) groups excluding carboxylic acids is 1. The van der Waals surface area contributed by atoms with Gasteiger partial charge in [-0.3, -0.25) is 14.6 Å². The molecule has 0 aliphatic heterocycles. The maximum absolute atomic E-state index is 12.1. The molecule has 24 heavy (non-hydrogen) atoms. The second-order valence-electron chi connectivity index (χ2n) is 5.99. The minimum absolute atomic E-state index is 0.0653. The molecule has 0 unspecified atom stereocenters. The molecule has 0 spiro atoms. The Morgan fingerprint density at radius 2 is 2.12 bits per heavy atom. The second-order valence-corrected chi connectivity index (χ2v) is 6.39. The van der Waals surface area contributed by atoms with Crippen LogP contribution in [0.1, 0.15) is 25.7 Å². The van der Waals surface area contributed by atoms with Crippen molar-refractivity contribution in [1.29, 1.82) is 0 Å². The van der Waals surface area contributed by atoms with Crippen molar-refractivity contribution in [3.63, 3.8) is 0 Å². The topological polar surface area (TPSA) is 88.5 Å². The van der Waals surface area contributed by atoms with Crippen molar-refractivity contribution in [3.8, 4) is 5.75 Å². The fourth-order valence-corrected chi connectivity index (χ4v) is 3.16. The predicted octanol–water partition coefficient (Wildman–Crippen LogP) is 2.78. The molecule has 6 nitrogen and oxygen atoms in total. The standard InChI is InChI=1S/C17H17ClN2O4/c18-12-4-5-13(16-11(12)3-1-8-19-16)24-10-14(21)20-17(6-2-7-17)9-15(22)23/h1,3-5,8H,2,6-7,9-10H2,(H,20,21)(H,22,23). The third-order valence-corrected chi connectivity index (χ3v) is 4.57. The predicted molar refractivity (Wildman–Crippen MR) is 89.2 cm³/mol. The number of carboxylic acids is 1. The van der Waals surface area contributed by atoms with E-state index in [0.717, 1.165) is 11.8 Å². The van der Waals surface area contributed by atoms with Crippen LogP contribution in [0.5, 0.6) is 5.75 Å². The Balaban J connectivity index is 1.67. The van der Waals surface area contributed by atoms with Gasteiger partial charge in [0.25, 0.3) is 5.91 Å². The highest BCUT2D eigenvalue weighted by atomic mass is 35.5. The second kappa shape index (κ2) is 6.65. The molecule has 0 atom stereocenters. The molecule has 1 aliphatic carbocycles. The Morgan fingerprint density at radius 1 is 1.33 bits per heavy atom. The van der Waals surface area contributed by atoms with Crippen LogP contribution in [0.15, 0.2) is 30.5 Å². The van der Waals surface area contributed by atoms with E-state index in [2.05, 4.69) is 10.3 Å². The maximum atomic E-state index is 12.1. The summed E-state index contributed by atoms with van der Waals surface area (Å²) in [5.74, 6) is -0.787. The van der Waals surface area contributed by atoms with Gasteiger partial charge in [0.1, 0.15) is 11.3 Å². The Labute approximate surface area is 143 Å². The number of ether oxygens (including phenoxy) is 1. The largest absolute Gasteiger partial charge is 0.481 e. The molecular weight excluding hydrogens is 332 g/mol. The normalized spacial score (nSPS) is 15.5. The zero-order chi connectivity index (χ0) is 17.2. The molecule has 7 heteroatoms. The first kappa shape index (κ1) is 16.5. The molecule has 1 amide bonds. The molecule has 1 aromatic carbocycles. The first-order chi connectivity index (χ1) is 11.5. The zero-order valence-electron chi connectivity index (χ0n) is 12.9. The van der Waals surface area contributed by atoms with Crippen molar-refractivity contribution in [2.24, 2.45) is 0 Å². The fraction of sp³-hybridized carbons (Fsp3) is 0.353. The van der Waals surface area contributed by atoms with Crippen molar-refractivity contribution >= 4 is 34.4 Å². The van der Waals surface area contributed by atoms with Gasteiger partial charge in [-0.15, -0.1) is 0 Å². The van der Waals surface area contributed by atoms with E-state index in [4.69, 9.17) is 21.4 Å². The molecule has 1 aliphatic rings. The number of aliphatic carboxylic acids is 1. The lowest BCUT2D eigenvalue weighted by Gasteiger charge is -2.41. The van der Waals surface area contributed by atoms with Crippen LogP contribution in [0.4, 0.5) is 0 Å². The van der Waals surface area contributed by atoms with Gasteiger partial charge in [0, 0.05) is 11.6 Å². The summed E-state index contributed by atoms with van der Waals surface area (Å²) in [6, 6.07) is 6.96. The number of nitrogens with one attached hydrogen (secondary N) is 1. The average Bonchev–Trinajstić information content (AvgIpc) is 2.52. The van der Waals surface area contributed by atoms with Gasteiger partial charge >= 0.3 is 5.97 Å². The van der Waals surface area contributed by atoms with Crippen molar-refractivity contribution in [1.82, 2.24) is 10.3 Å². The Morgan fingerprint density at radius 3 is 2.79 bits per heavy atom. The first-order valence-corrected chi connectivity index (χ1v) is 8.06. The number of fused-ring (bicyclic) bond motifs is 1. The van der Waals surface area contributed by atoms with E-state index in [9.17, 15) is 9.59 Å². The van der Waals surface area contributed by atoms with Crippen LogP contribution >= 0.6 is 11.6 Å². The molecule has 1 heterocycles. The SMILES string of the molecule is O=C(O)CC1(NC(=O)COc2ccc(Cl)c3cccnc23)CCC1. The molecule has 2 N–H and O–H groups in total. The quantitative estimate of drug-likeness (QED) is 0.838. The summed E-state index contributed by atoms with van der Waals surface area (Å²) < 4.78 is 5.57. The van der Waals surface area contributed by atoms with Gasteiger partial charge in [-0.05, 0) is 43.5 Å². The number of hydrogen-bond donors (Lipinski definition) is 2. The summed E-state index contributed by atoms with van der Waals surface area (Å²) in [6.45, 7) is -0.200. The lowest BCUT2D eigenvalue weighted by atomic mass is 9.74. The fourth-order valence-electron chi connectivity index (χ4n) is 2.94. The minimum atomic E-state index is -0.913. The van der Waals surface area contributed by atoms with E-state index in [-0.39, 0.29) is 18.9 Å². The van der Waals surface area contributed by atoms with Gasteiger partial charge in [0.05, 0.1) is 17.0 Å². The van der Waals surface area contributed by atoms with E-state index >= 15 is 0 Å². The Bertz CT molecular complexity index is 789. The van der Waals surface area contributed by atoms with E-state index in [1.165, 1.54) is 0 Å². The Kier molecular flexibility index (Phi) is 4.57. The first-order valence-electron chi connectivity index (χ1n) is 7.68. The van der Waals surface area contributed by atoms with Crippen LogP contribution in [0.25, 0.3) is 10.9 Å². The molecule has 1 saturated carbocycles. The van der Waals surface area contributed by atoms with Crippen LogP contribution < -0.4 is 10.1 Å². The van der Waals surface area contributed by atoms with Crippen molar-refractivity contribution in [2.75, 3.05) is 6.61 Å². The molecule has 0 bridgehead atoms. The van der Waals surface area contributed by atoms with Crippen molar-refractivity contribution in [3.05, 3.63) is 35.5 Å². The van der Waals surface area contributed by atoms with Gasteiger partial charge in [-0.25, -0.2) is 0 Å². The van der Waals surface area contributed by atoms with Gasteiger partial charge in [-0.1, -0.05) is 11.6 Å². The number of pyridine rings is 1. The van der Waals surface area contributed by atoms with Gasteiger partial charge in [0.2, 0.25) is 0 Å². The average molecular weight is 349 g/mol. The monoisotopic (exact) mass is 348 g/mol. The highest BCUT2D eigenvalue weighted by Gasteiger charge is 2.40. The molecule has 0 saturated heterocycles. The van der Waals surface area contributed by atoms with Crippen LogP contribution in [-0.2, 0) is 9.59 Å². The molecule has 126 valence electrons. The number of rotatable bonds is 6. The third-order valence-electron chi connectivity index (χ3n) is 4.24. The van der Waals surface area contributed by atoms with Gasteiger partial charge in [0.15, 0.2) is 6.61 Å². The number of aromatic nitrogens is 1. The summed E-state index contributed by atoms with van der Waals surface area (Å²) in [5.41, 5.74) is -0.0474. The van der Waals surface area contributed by atoms with E-state index in [0.29, 0.717) is 29.1 Å². The van der Waals surface area contributed by atoms with Gasteiger partial charge < -0.3 is 15.2 Å². The van der Waals surface area contributed by atoms with Crippen molar-refractivity contribution < 1.29 is 19.4 Å². The van der Waals surface area contributed by atoms with Gasteiger partial charge in [-0.2, -0.15) is 0 Å². The number of amides is 1. The maximum Gasteiger partial charge on any atom is 0.305 e. The highest BCUT2D eigenvalue weighted by molar-refractivity contribution is 6.35. The van der Waals surface area contributed by atoms with Crippen molar-refractivity contribution in [2.45, 2.75) is 31.2 Å². The molecule has 3 rings (SSSR count). The molecule has 1 fully saturated rings. The molecule has 2 aromatic rings. The third kappa shape index (κ3) is 3.43. The Hall–Kier alpha value is -2.34. The van der Waals surface area contributed by atoms with E-state index < -0.39 is 11.5 Å². The van der Waals surface area contributed by atoms with Crippen LogP contribution in [0, 0.1) is 0 Å². The summed E-state index contributed by atoms with van der Waals surface area (Å²) in [4.78, 5) is 27.3. The summed E-state index contributed by atoms with van der Waals surface area (Å²) in [7, 11) is 0. The number of hydrogen-bond acceptors (Lipinski definition) is 4. The zero-order valence-corrected chi connectivity index (χ0v) is 13.7. The van der Waals surface area contributed by atoms with E-state index in [1.54, 1.807) is 24.4 Å². The van der Waals surface area contributed by atoms with Crippen LogP contribution in [0.2, 0.25) is 5.02 Å².